The van der Waals surface area contributed by atoms with Crippen LogP contribution in [-0.2, 0) is 0 Å². The average molecular weight is 642 g/mol. The molecule has 4 heterocycles. The van der Waals surface area contributed by atoms with Crippen molar-refractivity contribution in [2.45, 2.75) is 0 Å². The number of para-hydroxylation sites is 2. The number of aromatic nitrogens is 3. The third-order valence-electron chi connectivity index (χ3n) is 9.45. The van der Waals surface area contributed by atoms with Gasteiger partial charge < -0.3 is 8.83 Å². The Hall–Kier alpha value is -6.85. The van der Waals surface area contributed by atoms with Crippen LogP contribution in [0.25, 0.3) is 100 Å². The van der Waals surface area contributed by atoms with E-state index in [9.17, 15) is 0 Å². The second-order valence-electron chi connectivity index (χ2n) is 12.3. The average Bonchev–Trinajstić information content (AvgIpc) is 3.77. The molecule has 0 aliphatic carbocycles. The molecule has 0 fully saturated rings. The highest BCUT2D eigenvalue weighted by atomic mass is 16.3. The van der Waals surface area contributed by atoms with Crippen molar-refractivity contribution in [3.63, 3.8) is 0 Å². The molecular formula is C45H27N3O2. The van der Waals surface area contributed by atoms with Crippen molar-refractivity contribution >= 4 is 43.9 Å². The Morgan fingerprint density at radius 1 is 0.380 bits per heavy atom. The Morgan fingerprint density at radius 3 is 1.82 bits per heavy atom. The van der Waals surface area contributed by atoms with Crippen molar-refractivity contribution in [1.82, 2.24) is 15.0 Å². The molecule has 0 saturated heterocycles. The molecule has 5 nitrogen and oxygen atoms in total. The summed E-state index contributed by atoms with van der Waals surface area (Å²) in [6.07, 6.45) is 3.64. The molecule has 0 atom stereocenters. The van der Waals surface area contributed by atoms with Crippen LogP contribution in [0.1, 0.15) is 0 Å². The fourth-order valence-electron chi connectivity index (χ4n) is 7.18. The summed E-state index contributed by atoms with van der Waals surface area (Å²) in [5, 5.41) is 4.12. The molecule has 10 rings (SSSR count). The van der Waals surface area contributed by atoms with Gasteiger partial charge in [0.1, 0.15) is 22.3 Å². The molecule has 50 heavy (non-hydrogen) atoms. The normalized spacial score (nSPS) is 11.6. The maximum absolute atomic E-state index is 6.75. The predicted octanol–water partition coefficient (Wildman–Crippen LogP) is 12.0. The van der Waals surface area contributed by atoms with Crippen molar-refractivity contribution in [2.75, 3.05) is 0 Å². The molecule has 0 spiro atoms. The molecule has 0 aliphatic rings. The lowest BCUT2D eigenvalue weighted by atomic mass is 9.94. The number of rotatable bonds is 5. The molecule has 5 heteroatoms. The molecule has 0 bridgehead atoms. The van der Waals surface area contributed by atoms with Crippen LogP contribution in [0.3, 0.4) is 0 Å². The van der Waals surface area contributed by atoms with Crippen LogP contribution in [-0.4, -0.2) is 15.0 Å². The Kier molecular flexibility index (Phi) is 6.42. The number of benzene rings is 6. The monoisotopic (exact) mass is 641 g/mol. The van der Waals surface area contributed by atoms with Crippen molar-refractivity contribution in [3.05, 3.63) is 164 Å². The first-order chi connectivity index (χ1) is 24.8. The highest BCUT2D eigenvalue weighted by molar-refractivity contribution is 6.20. The van der Waals surface area contributed by atoms with Gasteiger partial charge >= 0.3 is 0 Å². The van der Waals surface area contributed by atoms with E-state index in [2.05, 4.69) is 89.9 Å². The van der Waals surface area contributed by atoms with E-state index in [1.54, 1.807) is 0 Å². The van der Waals surface area contributed by atoms with E-state index in [4.69, 9.17) is 18.8 Å². The van der Waals surface area contributed by atoms with Crippen molar-refractivity contribution < 1.29 is 8.83 Å². The van der Waals surface area contributed by atoms with Gasteiger partial charge in [-0.1, -0.05) is 103 Å². The van der Waals surface area contributed by atoms with Gasteiger partial charge in [0.25, 0.3) is 0 Å². The standard InChI is InChI=1S/C45H27N3O2/c1-2-11-29(12-3-1)37-27-38(31-14-5-4-13-30(31)28-23-25-46-26-24-28)48-45(47-37)36-22-21-33(44-43(36)35-16-7-9-19-40(35)50-44)32-17-10-20-41-42(32)34-15-6-8-18-39(34)49-41/h1-27H. The molecule has 10 aromatic rings. The smallest absolute Gasteiger partial charge is 0.161 e. The van der Waals surface area contributed by atoms with E-state index in [1.807, 2.05) is 79.1 Å². The lowest BCUT2D eigenvalue weighted by Gasteiger charge is -2.14. The summed E-state index contributed by atoms with van der Waals surface area (Å²) in [6, 6.07) is 51.7. The minimum atomic E-state index is 0.626. The fourth-order valence-corrected chi connectivity index (χ4v) is 7.18. The second-order valence-corrected chi connectivity index (χ2v) is 12.3. The van der Waals surface area contributed by atoms with Crippen molar-refractivity contribution in [1.29, 1.82) is 0 Å². The third-order valence-corrected chi connectivity index (χ3v) is 9.45. The summed E-state index contributed by atoms with van der Waals surface area (Å²) in [4.78, 5) is 14.8. The van der Waals surface area contributed by atoms with Gasteiger partial charge in [-0.05, 0) is 65.2 Å². The second kappa shape index (κ2) is 11.4. The lowest BCUT2D eigenvalue weighted by molar-refractivity contribution is 0.668. The van der Waals surface area contributed by atoms with Crippen LogP contribution in [0.15, 0.2) is 173 Å². The fraction of sp³-hybridized carbons (Fsp3) is 0. The Labute approximate surface area is 287 Å². The third kappa shape index (κ3) is 4.52. The topological polar surface area (TPSA) is 65.0 Å². The summed E-state index contributed by atoms with van der Waals surface area (Å²) in [5.74, 6) is 0.626. The van der Waals surface area contributed by atoms with E-state index in [0.717, 1.165) is 94.2 Å². The van der Waals surface area contributed by atoms with Crippen LogP contribution in [0.4, 0.5) is 0 Å². The maximum Gasteiger partial charge on any atom is 0.161 e. The number of pyridine rings is 1. The zero-order valence-electron chi connectivity index (χ0n) is 26.7. The van der Waals surface area contributed by atoms with Gasteiger partial charge in [-0.25, -0.2) is 9.97 Å². The number of furan rings is 2. The van der Waals surface area contributed by atoms with Gasteiger partial charge in [0.05, 0.1) is 11.4 Å². The summed E-state index contributed by atoms with van der Waals surface area (Å²) >= 11 is 0. The first kappa shape index (κ1) is 28.2. The summed E-state index contributed by atoms with van der Waals surface area (Å²) < 4.78 is 13.0. The minimum Gasteiger partial charge on any atom is -0.456 e. The van der Waals surface area contributed by atoms with Gasteiger partial charge in [-0.3, -0.25) is 4.98 Å². The van der Waals surface area contributed by atoms with Crippen molar-refractivity contribution in [2.24, 2.45) is 0 Å². The highest BCUT2D eigenvalue weighted by Gasteiger charge is 2.22. The molecule has 0 amide bonds. The van der Waals surface area contributed by atoms with Crippen molar-refractivity contribution in [3.8, 4) is 56.2 Å². The SMILES string of the molecule is c1ccc(-c2cc(-c3ccccc3-c3ccncc3)nc(-c3ccc(-c4cccc5oc6ccccc6c45)c4oc5ccccc5c34)n2)cc1. The molecule has 0 aliphatic heterocycles. The highest BCUT2D eigenvalue weighted by Crippen LogP contribution is 2.45. The van der Waals surface area contributed by atoms with Crippen LogP contribution >= 0.6 is 0 Å². The zero-order valence-corrected chi connectivity index (χ0v) is 26.7. The van der Waals surface area contributed by atoms with Crippen LogP contribution in [0.5, 0.6) is 0 Å². The number of fused-ring (bicyclic) bond motifs is 6. The lowest BCUT2D eigenvalue weighted by Crippen LogP contribution is -1.98. The molecule has 234 valence electrons. The van der Waals surface area contributed by atoms with E-state index >= 15 is 0 Å². The molecular weight excluding hydrogens is 615 g/mol. The van der Waals surface area contributed by atoms with Crippen LogP contribution < -0.4 is 0 Å². The van der Waals surface area contributed by atoms with Crippen LogP contribution in [0.2, 0.25) is 0 Å². The summed E-state index contributed by atoms with van der Waals surface area (Å²) in [7, 11) is 0. The first-order valence-corrected chi connectivity index (χ1v) is 16.6. The van der Waals surface area contributed by atoms with Gasteiger partial charge in [-0.15, -0.1) is 0 Å². The Morgan fingerprint density at radius 2 is 1.00 bits per heavy atom. The molecule has 0 N–H and O–H groups in total. The predicted molar refractivity (Wildman–Crippen MR) is 202 cm³/mol. The molecule has 0 unspecified atom stereocenters. The largest absolute Gasteiger partial charge is 0.456 e. The van der Waals surface area contributed by atoms with E-state index in [0.29, 0.717) is 5.82 Å². The van der Waals surface area contributed by atoms with E-state index in [-0.39, 0.29) is 0 Å². The maximum atomic E-state index is 6.75. The van der Waals surface area contributed by atoms with E-state index in [1.165, 1.54) is 0 Å². The van der Waals surface area contributed by atoms with Gasteiger partial charge in [0, 0.05) is 56.2 Å². The van der Waals surface area contributed by atoms with Gasteiger partial charge in [0.15, 0.2) is 5.82 Å². The molecule has 0 radical (unpaired) electrons. The summed E-state index contributed by atoms with van der Waals surface area (Å²) in [6.45, 7) is 0. The minimum absolute atomic E-state index is 0.626. The number of hydrogen-bond donors (Lipinski definition) is 0. The van der Waals surface area contributed by atoms with Crippen LogP contribution in [0, 0.1) is 0 Å². The first-order valence-electron chi connectivity index (χ1n) is 16.6. The Balaban J connectivity index is 1.26. The molecule has 0 saturated carbocycles. The molecule has 4 aromatic heterocycles. The van der Waals surface area contributed by atoms with E-state index < -0.39 is 0 Å². The number of nitrogens with zero attached hydrogens (tertiary/aromatic N) is 3. The summed E-state index contributed by atoms with van der Waals surface area (Å²) in [5.41, 5.74) is 12.1. The zero-order chi connectivity index (χ0) is 33.0. The Bertz CT molecular complexity index is 2870. The molecule has 6 aromatic carbocycles. The number of hydrogen-bond acceptors (Lipinski definition) is 5. The van der Waals surface area contributed by atoms with Gasteiger partial charge in [0.2, 0.25) is 0 Å². The van der Waals surface area contributed by atoms with Gasteiger partial charge in [-0.2, -0.15) is 0 Å². The quantitative estimate of drug-likeness (QED) is 0.187.